The highest BCUT2D eigenvalue weighted by molar-refractivity contribution is 5.92. The van der Waals surface area contributed by atoms with Crippen molar-refractivity contribution in [1.29, 1.82) is 0 Å². The van der Waals surface area contributed by atoms with E-state index in [4.69, 9.17) is 0 Å². The minimum Gasteiger partial charge on any atom is -0.341 e. The average molecular weight is 511 g/mol. The molecule has 4 N–H and O–H groups in total. The molecule has 2 unspecified atom stereocenters. The summed E-state index contributed by atoms with van der Waals surface area (Å²) in [7, 11) is 3.35. The molecular weight excluding hydrogens is 472 g/mol. The average Bonchev–Trinajstić information content (AvgIpc) is 3.64. The van der Waals surface area contributed by atoms with Gasteiger partial charge in [0.15, 0.2) is 6.04 Å². The van der Waals surface area contributed by atoms with Gasteiger partial charge in [-0.15, -0.1) is 0 Å². The van der Waals surface area contributed by atoms with Gasteiger partial charge in [0.05, 0.1) is 12.6 Å². The van der Waals surface area contributed by atoms with Gasteiger partial charge >= 0.3 is 0 Å². The summed E-state index contributed by atoms with van der Waals surface area (Å²) >= 11 is 0. The van der Waals surface area contributed by atoms with Gasteiger partial charge in [-0.2, -0.15) is 0 Å². The number of hydrogen-bond acceptors (Lipinski definition) is 6. The maximum Gasteiger partial charge on any atom is 0.257 e. The van der Waals surface area contributed by atoms with E-state index >= 15 is 0 Å². The molecule has 2 heterocycles. The van der Waals surface area contributed by atoms with Crippen molar-refractivity contribution in [3.05, 3.63) is 35.4 Å². The minimum atomic E-state index is -0.952. The molecule has 37 heavy (non-hydrogen) atoms. The first-order chi connectivity index (χ1) is 17.8. The molecule has 4 amide bonds. The van der Waals surface area contributed by atoms with Crippen LogP contribution in [0.1, 0.15) is 49.8 Å². The monoisotopic (exact) mass is 510 g/mol. The Morgan fingerprint density at radius 1 is 0.865 bits per heavy atom. The summed E-state index contributed by atoms with van der Waals surface area (Å²) < 4.78 is 0. The Hall–Kier alpha value is -3.42. The Kier molecular flexibility index (Phi) is 10.5. The van der Waals surface area contributed by atoms with Crippen LogP contribution in [0.2, 0.25) is 0 Å². The molecule has 2 aliphatic rings. The van der Waals surface area contributed by atoms with Crippen molar-refractivity contribution in [2.75, 3.05) is 46.8 Å². The molecule has 3 atom stereocenters. The molecule has 2 aliphatic heterocycles. The zero-order chi connectivity index (χ0) is 26.8. The van der Waals surface area contributed by atoms with Crippen LogP contribution in [-0.4, -0.2) is 92.3 Å². The van der Waals surface area contributed by atoms with Gasteiger partial charge in [-0.05, 0) is 64.4 Å². The number of carbonyl (C=O) groups excluding carboxylic acids is 4. The van der Waals surface area contributed by atoms with E-state index in [9.17, 15) is 19.2 Å². The summed E-state index contributed by atoms with van der Waals surface area (Å²) in [5.41, 5.74) is 1.29. The molecule has 0 bridgehead atoms. The SMILES string of the molecule is CNCC(=O)NC(C(=O)N1CCCC1)c1ccc(C#CC(NC(=O)[C@H](C)NC)C(=O)N2CCCC2)cc1. The van der Waals surface area contributed by atoms with E-state index in [1.54, 1.807) is 55.1 Å². The van der Waals surface area contributed by atoms with Crippen molar-refractivity contribution < 1.29 is 19.2 Å². The summed E-state index contributed by atoms with van der Waals surface area (Å²) in [6.45, 7) is 4.52. The van der Waals surface area contributed by atoms with Crippen molar-refractivity contribution in [3.8, 4) is 11.8 Å². The summed E-state index contributed by atoms with van der Waals surface area (Å²) in [6.07, 6.45) is 3.80. The van der Waals surface area contributed by atoms with Crippen molar-refractivity contribution in [2.24, 2.45) is 0 Å². The highest BCUT2D eigenvalue weighted by Crippen LogP contribution is 2.20. The fraction of sp³-hybridized carbons (Fsp3) is 0.556. The third kappa shape index (κ3) is 7.78. The lowest BCUT2D eigenvalue weighted by molar-refractivity contribution is -0.135. The van der Waals surface area contributed by atoms with Crippen LogP contribution in [0.15, 0.2) is 24.3 Å². The Morgan fingerprint density at radius 2 is 1.43 bits per heavy atom. The second-order valence-corrected chi connectivity index (χ2v) is 9.44. The third-order valence-electron chi connectivity index (χ3n) is 6.69. The van der Waals surface area contributed by atoms with E-state index in [0.717, 1.165) is 25.7 Å². The van der Waals surface area contributed by atoms with Crippen LogP contribution in [0.3, 0.4) is 0 Å². The molecule has 0 spiro atoms. The molecule has 1 aromatic rings. The smallest absolute Gasteiger partial charge is 0.257 e. The second-order valence-electron chi connectivity index (χ2n) is 9.44. The number of rotatable bonds is 9. The quantitative estimate of drug-likeness (QED) is 0.340. The Labute approximate surface area is 218 Å². The molecule has 200 valence electrons. The second kappa shape index (κ2) is 13.8. The highest BCUT2D eigenvalue weighted by Gasteiger charge is 2.29. The maximum absolute atomic E-state index is 13.1. The number of amides is 4. The van der Waals surface area contributed by atoms with Gasteiger partial charge in [-0.3, -0.25) is 19.2 Å². The molecule has 10 heteroatoms. The topological polar surface area (TPSA) is 123 Å². The predicted molar refractivity (Wildman–Crippen MR) is 140 cm³/mol. The van der Waals surface area contributed by atoms with Gasteiger partial charge in [0.25, 0.3) is 5.91 Å². The zero-order valence-corrected chi connectivity index (χ0v) is 21.9. The molecule has 0 aromatic heterocycles. The molecule has 10 nitrogen and oxygen atoms in total. The van der Waals surface area contributed by atoms with Crippen LogP contribution in [0, 0.1) is 11.8 Å². The van der Waals surface area contributed by atoms with E-state index in [1.807, 2.05) is 0 Å². The Morgan fingerprint density at radius 3 is 1.97 bits per heavy atom. The lowest BCUT2D eigenvalue weighted by Crippen LogP contribution is -2.51. The number of carbonyl (C=O) groups is 4. The number of hydrogen-bond donors (Lipinski definition) is 4. The third-order valence-corrected chi connectivity index (χ3v) is 6.69. The number of nitrogens with one attached hydrogen (secondary N) is 4. The fourth-order valence-electron chi connectivity index (χ4n) is 4.37. The van der Waals surface area contributed by atoms with Crippen molar-refractivity contribution >= 4 is 23.6 Å². The van der Waals surface area contributed by atoms with Crippen LogP contribution in [-0.2, 0) is 19.2 Å². The normalized spacial score (nSPS) is 17.4. The molecule has 2 saturated heterocycles. The number of likely N-dealkylation sites (N-methyl/N-ethyl adjacent to an activating group) is 2. The molecule has 2 fully saturated rings. The molecule has 3 rings (SSSR count). The number of nitrogens with zero attached hydrogens (tertiary/aromatic N) is 2. The molecule has 0 saturated carbocycles. The maximum atomic E-state index is 13.1. The Bertz CT molecular complexity index is 1020. The first kappa shape index (κ1) is 28.2. The first-order valence-corrected chi connectivity index (χ1v) is 12.9. The van der Waals surface area contributed by atoms with Gasteiger partial charge in [0.1, 0.15) is 6.04 Å². The highest BCUT2D eigenvalue weighted by atomic mass is 16.2. The summed E-state index contributed by atoms with van der Waals surface area (Å²) in [4.78, 5) is 54.4. The van der Waals surface area contributed by atoms with Crippen LogP contribution in [0.4, 0.5) is 0 Å². The van der Waals surface area contributed by atoms with Crippen LogP contribution in [0.25, 0.3) is 0 Å². The van der Waals surface area contributed by atoms with E-state index in [2.05, 4.69) is 33.1 Å². The zero-order valence-electron chi connectivity index (χ0n) is 21.9. The van der Waals surface area contributed by atoms with Gasteiger partial charge in [0.2, 0.25) is 17.7 Å². The van der Waals surface area contributed by atoms with E-state index < -0.39 is 18.1 Å². The fourth-order valence-corrected chi connectivity index (χ4v) is 4.37. The minimum absolute atomic E-state index is 0.109. The molecule has 0 radical (unpaired) electrons. The molecule has 1 aromatic carbocycles. The van der Waals surface area contributed by atoms with E-state index in [-0.39, 0.29) is 30.2 Å². The van der Waals surface area contributed by atoms with Gasteiger partial charge in [-0.1, -0.05) is 24.0 Å². The largest absolute Gasteiger partial charge is 0.341 e. The number of benzene rings is 1. The van der Waals surface area contributed by atoms with Gasteiger partial charge in [0, 0.05) is 31.7 Å². The van der Waals surface area contributed by atoms with Gasteiger partial charge in [-0.25, -0.2) is 0 Å². The first-order valence-electron chi connectivity index (χ1n) is 12.9. The summed E-state index contributed by atoms with van der Waals surface area (Å²) in [6, 6.07) is 4.85. The Balaban J connectivity index is 1.79. The lowest BCUT2D eigenvalue weighted by Gasteiger charge is -2.24. The van der Waals surface area contributed by atoms with Crippen molar-refractivity contribution in [1.82, 2.24) is 31.1 Å². The summed E-state index contributed by atoms with van der Waals surface area (Å²) in [5.74, 6) is 5.03. The summed E-state index contributed by atoms with van der Waals surface area (Å²) in [5, 5.41) is 11.3. The molecular formula is C27H38N6O4. The van der Waals surface area contributed by atoms with Crippen LogP contribution >= 0.6 is 0 Å². The standard InChI is InChI=1S/C27H38N6O4/c1-19(29-3)25(35)30-22(26(36)32-14-4-5-15-32)13-10-20-8-11-21(12-9-20)24(31-23(34)18-28-2)27(37)33-16-6-7-17-33/h8-9,11-12,19,22,24,28-29H,4-7,14-18H2,1-3H3,(H,30,35)(H,31,34)/t19-,22?,24?/m0/s1. The molecule has 0 aliphatic carbocycles. The van der Waals surface area contributed by atoms with E-state index in [1.165, 1.54) is 0 Å². The van der Waals surface area contributed by atoms with Crippen LogP contribution in [0.5, 0.6) is 0 Å². The van der Waals surface area contributed by atoms with Crippen molar-refractivity contribution in [3.63, 3.8) is 0 Å². The van der Waals surface area contributed by atoms with E-state index in [0.29, 0.717) is 37.3 Å². The van der Waals surface area contributed by atoms with Crippen molar-refractivity contribution in [2.45, 2.75) is 50.7 Å². The van der Waals surface area contributed by atoms with Gasteiger partial charge < -0.3 is 31.1 Å². The van der Waals surface area contributed by atoms with Crippen LogP contribution < -0.4 is 21.3 Å². The number of likely N-dealkylation sites (tertiary alicyclic amines) is 2. The predicted octanol–water partition coefficient (Wildman–Crippen LogP) is -0.248. The lowest BCUT2D eigenvalue weighted by atomic mass is 10.0.